The van der Waals surface area contributed by atoms with Crippen molar-refractivity contribution in [3.05, 3.63) is 28.2 Å². The minimum atomic E-state index is -0.0657. The molecule has 0 aliphatic heterocycles. The molecule has 1 fully saturated rings. The Labute approximate surface area is 128 Å². The van der Waals surface area contributed by atoms with Gasteiger partial charge in [0.2, 0.25) is 0 Å². The number of hydrogen-bond acceptors (Lipinski definition) is 3. The number of hydrogen-bond donors (Lipinski definition) is 2. The van der Waals surface area contributed by atoms with Crippen molar-refractivity contribution in [1.29, 1.82) is 0 Å². The monoisotopic (exact) mass is 339 g/mol. The summed E-state index contributed by atoms with van der Waals surface area (Å²) in [5, 5.41) is 2.95. The highest BCUT2D eigenvalue weighted by Gasteiger charge is 2.19. The van der Waals surface area contributed by atoms with Crippen molar-refractivity contribution in [2.24, 2.45) is 0 Å². The molecule has 1 aromatic rings. The van der Waals surface area contributed by atoms with E-state index in [-0.39, 0.29) is 5.91 Å². The standard InChI is InChI=1S/C15H22BrN3O/c1-19(12-4-2-3-5-12)9-8-18-15(20)11-6-7-13(16)14(17)10-11/h6-7,10,12H,2-5,8-9,17H2,1H3,(H,18,20). The summed E-state index contributed by atoms with van der Waals surface area (Å²) in [5.41, 5.74) is 6.97. The van der Waals surface area contributed by atoms with Crippen LogP contribution in [0.2, 0.25) is 0 Å². The summed E-state index contributed by atoms with van der Waals surface area (Å²) in [6.07, 6.45) is 5.24. The van der Waals surface area contributed by atoms with Crippen LogP contribution in [0, 0.1) is 0 Å². The van der Waals surface area contributed by atoms with E-state index in [4.69, 9.17) is 5.73 Å². The fraction of sp³-hybridized carbons (Fsp3) is 0.533. The molecule has 20 heavy (non-hydrogen) atoms. The molecule has 0 unspecified atom stereocenters. The molecule has 0 spiro atoms. The number of likely N-dealkylation sites (N-methyl/N-ethyl adjacent to an activating group) is 1. The number of nitrogens with zero attached hydrogens (tertiary/aromatic N) is 1. The van der Waals surface area contributed by atoms with E-state index in [2.05, 4.69) is 33.2 Å². The molecular weight excluding hydrogens is 318 g/mol. The van der Waals surface area contributed by atoms with Gasteiger partial charge in [0.05, 0.1) is 0 Å². The van der Waals surface area contributed by atoms with Crippen molar-refractivity contribution < 1.29 is 4.79 Å². The van der Waals surface area contributed by atoms with Crippen molar-refractivity contribution in [3.8, 4) is 0 Å². The van der Waals surface area contributed by atoms with E-state index >= 15 is 0 Å². The quantitative estimate of drug-likeness (QED) is 0.810. The average molecular weight is 340 g/mol. The van der Waals surface area contributed by atoms with Gasteiger partial charge in [0.25, 0.3) is 5.91 Å². The van der Waals surface area contributed by atoms with E-state index in [0.29, 0.717) is 23.8 Å². The third-order valence-electron chi connectivity index (χ3n) is 3.96. The summed E-state index contributed by atoms with van der Waals surface area (Å²) in [6, 6.07) is 5.96. The lowest BCUT2D eigenvalue weighted by Gasteiger charge is -2.23. The van der Waals surface area contributed by atoms with E-state index in [1.165, 1.54) is 25.7 Å². The maximum Gasteiger partial charge on any atom is 0.251 e. The number of nitrogen functional groups attached to an aromatic ring is 1. The number of nitrogens with two attached hydrogens (primary N) is 1. The SMILES string of the molecule is CN(CCNC(=O)c1ccc(Br)c(N)c1)C1CCCC1. The first-order chi connectivity index (χ1) is 9.58. The molecule has 0 bridgehead atoms. The van der Waals surface area contributed by atoms with E-state index in [9.17, 15) is 4.79 Å². The van der Waals surface area contributed by atoms with Gasteiger partial charge in [0.1, 0.15) is 0 Å². The van der Waals surface area contributed by atoms with Gasteiger partial charge in [0.15, 0.2) is 0 Å². The molecule has 1 aliphatic rings. The molecule has 1 amide bonds. The van der Waals surface area contributed by atoms with Gasteiger partial charge in [-0.15, -0.1) is 0 Å². The zero-order chi connectivity index (χ0) is 14.5. The predicted molar refractivity (Wildman–Crippen MR) is 85.8 cm³/mol. The molecule has 3 N–H and O–H groups in total. The first-order valence-corrected chi connectivity index (χ1v) is 7.90. The number of amides is 1. The number of nitrogens with one attached hydrogen (secondary N) is 1. The lowest BCUT2D eigenvalue weighted by atomic mass is 10.2. The van der Waals surface area contributed by atoms with Crippen LogP contribution in [0.1, 0.15) is 36.0 Å². The second-order valence-corrected chi connectivity index (χ2v) is 6.27. The highest BCUT2D eigenvalue weighted by atomic mass is 79.9. The van der Waals surface area contributed by atoms with Crippen molar-refractivity contribution in [2.75, 3.05) is 25.9 Å². The van der Waals surface area contributed by atoms with E-state index in [0.717, 1.165) is 11.0 Å². The number of rotatable bonds is 5. The number of carbonyl (C=O) groups is 1. The Morgan fingerprint density at radius 1 is 1.45 bits per heavy atom. The third kappa shape index (κ3) is 3.96. The molecule has 4 nitrogen and oxygen atoms in total. The lowest BCUT2D eigenvalue weighted by molar-refractivity contribution is 0.0947. The molecule has 0 aromatic heterocycles. The van der Waals surface area contributed by atoms with Crippen LogP contribution in [0.25, 0.3) is 0 Å². The van der Waals surface area contributed by atoms with Gasteiger partial charge in [-0.25, -0.2) is 0 Å². The van der Waals surface area contributed by atoms with Crippen LogP contribution in [0.4, 0.5) is 5.69 Å². The minimum absolute atomic E-state index is 0.0657. The summed E-state index contributed by atoms with van der Waals surface area (Å²) < 4.78 is 0.815. The fourth-order valence-corrected chi connectivity index (χ4v) is 2.91. The Bertz CT molecular complexity index is 472. The number of anilines is 1. The Morgan fingerprint density at radius 2 is 2.15 bits per heavy atom. The Kier molecular flexibility index (Phi) is 5.43. The number of benzene rings is 1. The van der Waals surface area contributed by atoms with Gasteiger partial charge in [-0.2, -0.15) is 0 Å². The van der Waals surface area contributed by atoms with Gasteiger partial charge in [0, 0.05) is 34.9 Å². The second kappa shape index (κ2) is 7.09. The summed E-state index contributed by atoms with van der Waals surface area (Å²) in [6.45, 7) is 1.56. The van der Waals surface area contributed by atoms with Crippen LogP contribution in [0.15, 0.2) is 22.7 Å². The molecule has 5 heteroatoms. The molecule has 1 aromatic carbocycles. The Morgan fingerprint density at radius 3 is 2.80 bits per heavy atom. The zero-order valence-electron chi connectivity index (χ0n) is 11.9. The van der Waals surface area contributed by atoms with Crippen LogP contribution < -0.4 is 11.1 Å². The fourth-order valence-electron chi connectivity index (χ4n) is 2.66. The normalized spacial score (nSPS) is 15.8. The van der Waals surface area contributed by atoms with Gasteiger partial charge < -0.3 is 16.0 Å². The van der Waals surface area contributed by atoms with Crippen LogP contribution >= 0.6 is 15.9 Å². The highest BCUT2D eigenvalue weighted by molar-refractivity contribution is 9.10. The average Bonchev–Trinajstić information content (AvgIpc) is 2.95. The Hall–Kier alpha value is -1.07. The molecule has 1 saturated carbocycles. The Balaban J connectivity index is 1.78. The lowest BCUT2D eigenvalue weighted by Crippen LogP contribution is -2.37. The van der Waals surface area contributed by atoms with Gasteiger partial charge in [-0.3, -0.25) is 4.79 Å². The molecular formula is C15H22BrN3O. The van der Waals surface area contributed by atoms with Gasteiger partial charge in [-0.1, -0.05) is 12.8 Å². The van der Waals surface area contributed by atoms with Crippen molar-refractivity contribution >= 4 is 27.5 Å². The number of carbonyl (C=O) groups excluding carboxylic acids is 1. The van der Waals surface area contributed by atoms with Crippen LogP contribution in [0.3, 0.4) is 0 Å². The summed E-state index contributed by atoms with van der Waals surface area (Å²) >= 11 is 3.32. The van der Waals surface area contributed by atoms with E-state index < -0.39 is 0 Å². The molecule has 0 heterocycles. The highest BCUT2D eigenvalue weighted by Crippen LogP contribution is 2.22. The molecule has 1 aliphatic carbocycles. The summed E-state index contributed by atoms with van der Waals surface area (Å²) in [5.74, 6) is -0.0657. The van der Waals surface area contributed by atoms with Crippen molar-refractivity contribution in [2.45, 2.75) is 31.7 Å². The first-order valence-electron chi connectivity index (χ1n) is 7.11. The molecule has 0 atom stereocenters. The topological polar surface area (TPSA) is 58.4 Å². The zero-order valence-corrected chi connectivity index (χ0v) is 13.4. The third-order valence-corrected chi connectivity index (χ3v) is 4.68. The van der Waals surface area contributed by atoms with Crippen LogP contribution in [0.5, 0.6) is 0 Å². The number of halogens is 1. The van der Waals surface area contributed by atoms with Gasteiger partial charge in [-0.05, 0) is 54.0 Å². The maximum absolute atomic E-state index is 12.0. The first kappa shape index (κ1) is 15.3. The second-order valence-electron chi connectivity index (χ2n) is 5.41. The molecule has 0 radical (unpaired) electrons. The van der Waals surface area contributed by atoms with Crippen LogP contribution in [-0.2, 0) is 0 Å². The van der Waals surface area contributed by atoms with E-state index in [1.807, 2.05) is 0 Å². The minimum Gasteiger partial charge on any atom is -0.398 e. The van der Waals surface area contributed by atoms with Gasteiger partial charge >= 0.3 is 0 Å². The summed E-state index contributed by atoms with van der Waals surface area (Å²) in [7, 11) is 2.14. The van der Waals surface area contributed by atoms with Crippen molar-refractivity contribution in [1.82, 2.24) is 10.2 Å². The molecule has 110 valence electrons. The van der Waals surface area contributed by atoms with Crippen LogP contribution in [-0.4, -0.2) is 37.0 Å². The molecule has 2 rings (SSSR count). The smallest absolute Gasteiger partial charge is 0.251 e. The largest absolute Gasteiger partial charge is 0.398 e. The van der Waals surface area contributed by atoms with Crippen molar-refractivity contribution in [3.63, 3.8) is 0 Å². The maximum atomic E-state index is 12.0. The van der Waals surface area contributed by atoms with E-state index in [1.54, 1.807) is 18.2 Å². The summed E-state index contributed by atoms with van der Waals surface area (Å²) in [4.78, 5) is 14.4. The predicted octanol–water partition coefficient (Wildman–Crippen LogP) is 2.64. The molecule has 0 saturated heterocycles.